The van der Waals surface area contributed by atoms with Crippen LogP contribution in [0.2, 0.25) is 10.0 Å². The number of aliphatic imine (C=N–C) groups is 1. The standard InChI is InChI=1S/C24H18Cl2N2O2/c1-14-7-10-22(15(2)11-14)28-23(29)18-6-4-3-5-17(18)19(24(28)30)13-27-16-8-9-20(25)21(26)12-16/h3-13,30H,1-2H3. The van der Waals surface area contributed by atoms with Gasteiger partial charge in [-0.25, -0.2) is 4.57 Å². The number of hydrogen-bond acceptors (Lipinski definition) is 3. The summed E-state index contributed by atoms with van der Waals surface area (Å²) in [6.45, 7) is 3.89. The predicted octanol–water partition coefficient (Wildman–Crippen LogP) is 6.37. The van der Waals surface area contributed by atoms with Crippen molar-refractivity contribution in [3.63, 3.8) is 0 Å². The largest absolute Gasteiger partial charge is 0.494 e. The van der Waals surface area contributed by atoms with Crippen LogP contribution in [0.25, 0.3) is 16.5 Å². The normalized spacial score (nSPS) is 11.5. The number of aromatic hydroxyl groups is 1. The minimum atomic E-state index is -0.290. The molecule has 4 nitrogen and oxygen atoms in total. The summed E-state index contributed by atoms with van der Waals surface area (Å²) in [5, 5.41) is 13.1. The molecule has 0 radical (unpaired) electrons. The molecule has 4 aromatic rings. The van der Waals surface area contributed by atoms with Gasteiger partial charge in [-0.2, -0.15) is 0 Å². The molecule has 0 aliphatic heterocycles. The van der Waals surface area contributed by atoms with E-state index in [4.69, 9.17) is 23.2 Å². The van der Waals surface area contributed by atoms with Crippen molar-refractivity contribution in [1.82, 2.24) is 4.57 Å². The molecule has 0 saturated heterocycles. The third-order valence-corrected chi connectivity index (χ3v) is 5.68. The summed E-state index contributed by atoms with van der Waals surface area (Å²) in [5.74, 6) is -0.172. The van der Waals surface area contributed by atoms with E-state index in [1.54, 1.807) is 36.4 Å². The van der Waals surface area contributed by atoms with Crippen molar-refractivity contribution in [2.75, 3.05) is 0 Å². The van der Waals surface area contributed by atoms with Crippen LogP contribution in [-0.2, 0) is 0 Å². The topological polar surface area (TPSA) is 54.6 Å². The number of pyridine rings is 1. The molecule has 30 heavy (non-hydrogen) atoms. The van der Waals surface area contributed by atoms with Gasteiger partial charge in [-0.1, -0.05) is 59.1 Å². The number of benzene rings is 3. The van der Waals surface area contributed by atoms with Gasteiger partial charge in [0.15, 0.2) is 0 Å². The lowest BCUT2D eigenvalue weighted by Crippen LogP contribution is -2.21. The molecule has 0 atom stereocenters. The molecule has 6 heteroatoms. The summed E-state index contributed by atoms with van der Waals surface area (Å²) in [6.07, 6.45) is 1.54. The van der Waals surface area contributed by atoms with Crippen molar-refractivity contribution in [3.8, 4) is 11.6 Å². The lowest BCUT2D eigenvalue weighted by atomic mass is 10.1. The molecule has 0 saturated carbocycles. The Bertz CT molecular complexity index is 1370. The summed E-state index contributed by atoms with van der Waals surface area (Å²) in [5.41, 5.74) is 3.31. The van der Waals surface area contributed by atoms with Gasteiger partial charge in [-0.15, -0.1) is 0 Å². The molecule has 3 aromatic carbocycles. The Labute approximate surface area is 183 Å². The van der Waals surface area contributed by atoms with Crippen LogP contribution < -0.4 is 5.56 Å². The first-order valence-corrected chi connectivity index (χ1v) is 10.1. The molecule has 1 aromatic heterocycles. The van der Waals surface area contributed by atoms with Gasteiger partial charge >= 0.3 is 0 Å². The molecule has 0 bridgehead atoms. The molecular formula is C24H18Cl2N2O2. The van der Waals surface area contributed by atoms with E-state index in [2.05, 4.69) is 4.99 Å². The average Bonchev–Trinajstić information content (AvgIpc) is 2.72. The van der Waals surface area contributed by atoms with Crippen LogP contribution >= 0.6 is 23.2 Å². The van der Waals surface area contributed by atoms with Crippen molar-refractivity contribution in [3.05, 3.63) is 97.8 Å². The maximum Gasteiger partial charge on any atom is 0.265 e. The van der Waals surface area contributed by atoms with Crippen LogP contribution in [0.5, 0.6) is 5.88 Å². The smallest absolute Gasteiger partial charge is 0.265 e. The summed E-state index contributed by atoms with van der Waals surface area (Å²) in [4.78, 5) is 17.7. The second kappa shape index (κ2) is 7.98. The predicted molar refractivity (Wildman–Crippen MR) is 124 cm³/mol. The fraction of sp³-hybridized carbons (Fsp3) is 0.0833. The number of fused-ring (bicyclic) bond motifs is 1. The molecule has 0 aliphatic rings. The maximum absolute atomic E-state index is 13.2. The van der Waals surface area contributed by atoms with E-state index in [1.165, 1.54) is 10.8 Å². The Morgan fingerprint density at radius 3 is 2.37 bits per heavy atom. The number of halogens is 2. The van der Waals surface area contributed by atoms with Gasteiger partial charge in [0.05, 0.1) is 27.0 Å². The van der Waals surface area contributed by atoms with Crippen molar-refractivity contribution >= 4 is 45.9 Å². The van der Waals surface area contributed by atoms with E-state index < -0.39 is 0 Å². The summed E-state index contributed by atoms with van der Waals surface area (Å²) in [7, 11) is 0. The highest BCUT2D eigenvalue weighted by Gasteiger charge is 2.17. The molecule has 0 amide bonds. The molecular weight excluding hydrogens is 419 g/mol. The van der Waals surface area contributed by atoms with Crippen LogP contribution in [-0.4, -0.2) is 15.9 Å². The Hall–Kier alpha value is -3.08. The zero-order valence-corrected chi connectivity index (χ0v) is 17.9. The molecule has 0 spiro atoms. The van der Waals surface area contributed by atoms with Crippen LogP contribution in [0.1, 0.15) is 16.7 Å². The van der Waals surface area contributed by atoms with Crippen LogP contribution in [0.3, 0.4) is 0 Å². The second-order valence-electron chi connectivity index (χ2n) is 7.07. The minimum absolute atomic E-state index is 0.172. The van der Waals surface area contributed by atoms with Gasteiger partial charge in [-0.3, -0.25) is 9.79 Å². The molecule has 1 heterocycles. The fourth-order valence-corrected chi connectivity index (χ4v) is 3.77. The van der Waals surface area contributed by atoms with Gasteiger partial charge in [0, 0.05) is 17.0 Å². The average molecular weight is 437 g/mol. The van der Waals surface area contributed by atoms with Crippen molar-refractivity contribution in [1.29, 1.82) is 0 Å². The third-order valence-electron chi connectivity index (χ3n) is 4.94. The first-order chi connectivity index (χ1) is 14.4. The summed E-state index contributed by atoms with van der Waals surface area (Å²) < 4.78 is 1.33. The lowest BCUT2D eigenvalue weighted by Gasteiger charge is -2.16. The van der Waals surface area contributed by atoms with Gasteiger partial charge in [0.1, 0.15) is 0 Å². The van der Waals surface area contributed by atoms with E-state index in [1.807, 2.05) is 38.1 Å². The van der Waals surface area contributed by atoms with Gasteiger partial charge in [-0.05, 0) is 49.7 Å². The second-order valence-corrected chi connectivity index (χ2v) is 7.88. The number of nitrogens with zero attached hydrogens (tertiary/aromatic N) is 2. The highest BCUT2D eigenvalue weighted by Crippen LogP contribution is 2.30. The van der Waals surface area contributed by atoms with Crippen LogP contribution in [0.15, 0.2) is 70.5 Å². The number of rotatable bonds is 3. The third kappa shape index (κ3) is 3.60. The Kier molecular flexibility index (Phi) is 5.37. The van der Waals surface area contributed by atoms with E-state index in [0.29, 0.717) is 37.8 Å². The van der Waals surface area contributed by atoms with Crippen LogP contribution in [0.4, 0.5) is 5.69 Å². The SMILES string of the molecule is Cc1ccc(-n2c(O)c(C=Nc3ccc(Cl)c(Cl)c3)c3ccccc3c2=O)c(C)c1. The maximum atomic E-state index is 13.2. The van der Waals surface area contributed by atoms with Crippen molar-refractivity contribution in [2.24, 2.45) is 4.99 Å². The molecule has 150 valence electrons. The number of aromatic nitrogens is 1. The number of hydrogen-bond donors (Lipinski definition) is 1. The van der Waals surface area contributed by atoms with E-state index in [9.17, 15) is 9.90 Å². The Morgan fingerprint density at radius 1 is 0.933 bits per heavy atom. The molecule has 1 N–H and O–H groups in total. The summed E-state index contributed by atoms with van der Waals surface area (Å²) in [6, 6.07) is 17.9. The number of aryl methyl sites for hydroxylation is 2. The van der Waals surface area contributed by atoms with E-state index in [-0.39, 0.29) is 11.4 Å². The van der Waals surface area contributed by atoms with Crippen LogP contribution in [0, 0.1) is 13.8 Å². The first kappa shape index (κ1) is 20.2. The first-order valence-electron chi connectivity index (χ1n) is 9.30. The lowest BCUT2D eigenvalue weighted by molar-refractivity contribution is 0.436. The highest BCUT2D eigenvalue weighted by molar-refractivity contribution is 6.42. The van der Waals surface area contributed by atoms with E-state index >= 15 is 0 Å². The Morgan fingerprint density at radius 2 is 1.67 bits per heavy atom. The molecule has 0 fully saturated rings. The van der Waals surface area contributed by atoms with Gasteiger partial charge in [0.25, 0.3) is 5.56 Å². The highest BCUT2D eigenvalue weighted by atomic mass is 35.5. The monoisotopic (exact) mass is 436 g/mol. The molecule has 0 aliphatic carbocycles. The zero-order chi connectivity index (χ0) is 21.4. The van der Waals surface area contributed by atoms with Crippen molar-refractivity contribution < 1.29 is 5.11 Å². The molecule has 0 unspecified atom stereocenters. The van der Waals surface area contributed by atoms with E-state index in [0.717, 1.165) is 11.1 Å². The van der Waals surface area contributed by atoms with Gasteiger partial charge in [0.2, 0.25) is 5.88 Å². The molecule has 4 rings (SSSR count). The summed E-state index contributed by atoms with van der Waals surface area (Å²) >= 11 is 12.0. The van der Waals surface area contributed by atoms with Gasteiger partial charge < -0.3 is 5.11 Å². The van der Waals surface area contributed by atoms with Crippen molar-refractivity contribution in [2.45, 2.75) is 13.8 Å². The Balaban J connectivity index is 1.98. The minimum Gasteiger partial charge on any atom is -0.494 e. The quantitative estimate of drug-likeness (QED) is 0.379. The fourth-order valence-electron chi connectivity index (χ4n) is 3.47. The zero-order valence-electron chi connectivity index (χ0n) is 16.4.